The number of benzene rings is 1. The molecule has 1 N–H and O–H groups in total. The van der Waals surface area contributed by atoms with Crippen LogP contribution in [0.4, 0.5) is 10.1 Å². The first-order valence-corrected chi connectivity index (χ1v) is 6.79. The maximum atomic E-state index is 13.5. The molecule has 90 valence electrons. The third kappa shape index (κ3) is 2.84. The lowest BCUT2D eigenvalue weighted by Gasteiger charge is -2.07. The zero-order chi connectivity index (χ0) is 12.4. The van der Waals surface area contributed by atoms with Crippen molar-refractivity contribution in [1.82, 2.24) is 4.98 Å². The molecule has 2 aromatic rings. The summed E-state index contributed by atoms with van der Waals surface area (Å²) < 4.78 is 14.3. The van der Waals surface area contributed by atoms with Crippen molar-refractivity contribution in [1.29, 1.82) is 0 Å². The normalized spacial score (nSPS) is 10.6. The first-order valence-electron chi connectivity index (χ1n) is 5.18. The lowest BCUT2D eigenvalue weighted by Crippen LogP contribution is -2.01. The molecule has 1 heterocycles. The van der Waals surface area contributed by atoms with E-state index in [-0.39, 0.29) is 5.82 Å². The summed E-state index contributed by atoms with van der Waals surface area (Å²) in [5, 5.41) is 4.03. The van der Waals surface area contributed by atoms with E-state index in [9.17, 15) is 4.39 Å². The van der Waals surface area contributed by atoms with E-state index in [1.54, 1.807) is 17.4 Å². The van der Waals surface area contributed by atoms with Crippen molar-refractivity contribution in [3.05, 3.63) is 44.1 Å². The molecule has 0 aliphatic carbocycles. The van der Waals surface area contributed by atoms with Gasteiger partial charge in [-0.2, -0.15) is 0 Å². The summed E-state index contributed by atoms with van der Waals surface area (Å²) in [5.41, 5.74) is 1.53. The summed E-state index contributed by atoms with van der Waals surface area (Å²) in [7, 11) is 0. The maximum Gasteiger partial charge on any atom is 0.147 e. The molecule has 0 bridgehead atoms. The molecule has 0 spiro atoms. The topological polar surface area (TPSA) is 24.9 Å². The number of nitrogens with one attached hydrogen (secondary N) is 1. The van der Waals surface area contributed by atoms with Gasteiger partial charge in [-0.1, -0.05) is 6.07 Å². The number of rotatable bonds is 3. The Balaban J connectivity index is 2.12. The quantitative estimate of drug-likeness (QED) is 0.915. The Morgan fingerprint density at radius 3 is 2.76 bits per heavy atom. The Morgan fingerprint density at radius 1 is 1.41 bits per heavy atom. The molecule has 17 heavy (non-hydrogen) atoms. The van der Waals surface area contributed by atoms with E-state index in [1.807, 2.05) is 19.9 Å². The molecule has 0 radical (unpaired) electrons. The number of nitrogens with zero attached hydrogens (tertiary/aromatic N) is 1. The van der Waals surface area contributed by atoms with Gasteiger partial charge < -0.3 is 5.32 Å². The summed E-state index contributed by atoms with van der Waals surface area (Å²) in [4.78, 5) is 5.61. The number of hydrogen-bond acceptors (Lipinski definition) is 3. The van der Waals surface area contributed by atoms with E-state index < -0.39 is 0 Å². The monoisotopic (exact) mass is 314 g/mol. The van der Waals surface area contributed by atoms with Crippen LogP contribution in [0.25, 0.3) is 0 Å². The van der Waals surface area contributed by atoms with Crippen LogP contribution in [0.5, 0.6) is 0 Å². The van der Waals surface area contributed by atoms with Crippen LogP contribution in [0.2, 0.25) is 0 Å². The number of halogens is 2. The minimum absolute atomic E-state index is 0.260. The maximum absolute atomic E-state index is 13.5. The van der Waals surface area contributed by atoms with Crippen LogP contribution >= 0.6 is 27.3 Å². The van der Waals surface area contributed by atoms with Gasteiger partial charge >= 0.3 is 0 Å². The van der Waals surface area contributed by atoms with Gasteiger partial charge in [-0.3, -0.25) is 0 Å². The van der Waals surface area contributed by atoms with E-state index in [0.29, 0.717) is 12.2 Å². The molecular weight excluding hydrogens is 303 g/mol. The van der Waals surface area contributed by atoms with Crippen LogP contribution in [-0.4, -0.2) is 4.98 Å². The fraction of sp³-hybridized carbons (Fsp3) is 0.250. The van der Waals surface area contributed by atoms with Crippen molar-refractivity contribution in [2.24, 2.45) is 0 Å². The van der Waals surface area contributed by atoms with Crippen LogP contribution in [0.1, 0.15) is 15.6 Å². The smallest absolute Gasteiger partial charge is 0.147 e. The molecule has 0 aliphatic heterocycles. The summed E-state index contributed by atoms with van der Waals surface area (Å²) in [5.74, 6) is -0.260. The van der Waals surface area contributed by atoms with E-state index in [1.165, 1.54) is 10.9 Å². The van der Waals surface area contributed by atoms with Crippen LogP contribution in [-0.2, 0) is 6.54 Å². The number of hydrogen-bond donors (Lipinski definition) is 1. The first kappa shape index (κ1) is 12.5. The van der Waals surface area contributed by atoms with Gasteiger partial charge in [0, 0.05) is 9.35 Å². The number of aryl methyl sites for hydroxylation is 2. The molecule has 0 saturated heterocycles. The van der Waals surface area contributed by atoms with Gasteiger partial charge in [0.2, 0.25) is 0 Å². The van der Waals surface area contributed by atoms with Crippen LogP contribution in [0.15, 0.2) is 22.7 Å². The van der Waals surface area contributed by atoms with Gasteiger partial charge in [0.05, 0.1) is 17.9 Å². The molecule has 1 aromatic heterocycles. The largest absolute Gasteiger partial charge is 0.375 e. The number of anilines is 1. The highest BCUT2D eigenvalue weighted by Gasteiger charge is 2.08. The van der Waals surface area contributed by atoms with Crippen LogP contribution in [0.3, 0.4) is 0 Å². The Labute approximate surface area is 112 Å². The van der Waals surface area contributed by atoms with E-state index >= 15 is 0 Å². The Kier molecular flexibility index (Phi) is 3.79. The Morgan fingerprint density at radius 2 is 2.18 bits per heavy atom. The Hall–Kier alpha value is -0.940. The molecule has 0 aliphatic rings. The van der Waals surface area contributed by atoms with Crippen molar-refractivity contribution < 1.29 is 4.39 Å². The van der Waals surface area contributed by atoms with Gasteiger partial charge in [-0.05, 0) is 41.9 Å². The third-order valence-corrected chi connectivity index (χ3v) is 4.19. The van der Waals surface area contributed by atoms with E-state index in [0.717, 1.165) is 15.2 Å². The first-order chi connectivity index (χ1) is 8.08. The fourth-order valence-corrected chi connectivity index (χ4v) is 2.80. The van der Waals surface area contributed by atoms with Crippen molar-refractivity contribution in [2.45, 2.75) is 20.4 Å². The zero-order valence-corrected chi connectivity index (χ0v) is 12.0. The molecule has 2 nitrogen and oxygen atoms in total. The molecule has 1 aromatic carbocycles. The standard InChI is InChI=1S/C12H12BrFN2S/c1-7-8(2)17-11(16-7)6-15-12-9(13)4-3-5-10(12)14/h3-5,15H,6H2,1-2H3. The second-order valence-corrected chi connectivity index (χ2v) is 5.84. The van der Waals surface area contributed by atoms with E-state index in [2.05, 4.69) is 26.2 Å². The molecule has 5 heteroatoms. The van der Waals surface area contributed by atoms with Crippen LogP contribution < -0.4 is 5.32 Å². The van der Waals surface area contributed by atoms with Crippen molar-refractivity contribution >= 4 is 33.0 Å². The summed E-state index contributed by atoms with van der Waals surface area (Å²) in [6, 6.07) is 4.91. The predicted molar refractivity (Wildman–Crippen MR) is 73.0 cm³/mol. The molecule has 0 amide bonds. The van der Waals surface area contributed by atoms with Crippen molar-refractivity contribution in [3.8, 4) is 0 Å². The number of aromatic nitrogens is 1. The minimum atomic E-state index is -0.260. The van der Waals surface area contributed by atoms with Gasteiger partial charge in [-0.15, -0.1) is 11.3 Å². The molecule has 0 saturated carbocycles. The second kappa shape index (κ2) is 5.14. The summed E-state index contributed by atoms with van der Waals surface area (Å²) in [6.07, 6.45) is 0. The molecule has 2 rings (SSSR count). The van der Waals surface area contributed by atoms with Crippen molar-refractivity contribution in [2.75, 3.05) is 5.32 Å². The fourth-order valence-electron chi connectivity index (χ4n) is 1.45. The molecule has 0 unspecified atom stereocenters. The average Bonchev–Trinajstić information content (AvgIpc) is 2.58. The highest BCUT2D eigenvalue weighted by molar-refractivity contribution is 9.10. The molecular formula is C12H12BrFN2S. The van der Waals surface area contributed by atoms with E-state index in [4.69, 9.17) is 0 Å². The minimum Gasteiger partial charge on any atom is -0.375 e. The number of thiazole rings is 1. The predicted octanol–water partition coefficient (Wildman–Crippen LogP) is 4.27. The third-order valence-electron chi connectivity index (χ3n) is 2.45. The zero-order valence-electron chi connectivity index (χ0n) is 9.55. The lowest BCUT2D eigenvalue weighted by molar-refractivity contribution is 0.629. The van der Waals surface area contributed by atoms with Crippen LogP contribution in [0, 0.1) is 19.7 Å². The number of para-hydroxylation sites is 1. The molecule has 0 atom stereocenters. The highest BCUT2D eigenvalue weighted by Crippen LogP contribution is 2.26. The molecule has 0 fully saturated rings. The summed E-state index contributed by atoms with van der Waals surface area (Å²) >= 11 is 4.95. The highest BCUT2D eigenvalue weighted by atomic mass is 79.9. The van der Waals surface area contributed by atoms with Gasteiger partial charge in [-0.25, -0.2) is 9.37 Å². The van der Waals surface area contributed by atoms with Gasteiger partial charge in [0.1, 0.15) is 10.8 Å². The SMILES string of the molecule is Cc1nc(CNc2c(F)cccc2Br)sc1C. The van der Waals surface area contributed by atoms with Crippen molar-refractivity contribution in [3.63, 3.8) is 0 Å². The second-order valence-electron chi connectivity index (χ2n) is 3.70. The average molecular weight is 315 g/mol. The van der Waals surface area contributed by atoms with Gasteiger partial charge in [0.25, 0.3) is 0 Å². The summed E-state index contributed by atoms with van der Waals surface area (Å²) in [6.45, 7) is 4.56. The van der Waals surface area contributed by atoms with Gasteiger partial charge in [0.15, 0.2) is 0 Å². The lowest BCUT2D eigenvalue weighted by atomic mass is 10.3. The Bertz CT molecular complexity index is 500.